The molecule has 2 fully saturated rings. The second-order valence-corrected chi connectivity index (χ2v) is 12.7. The van der Waals surface area contributed by atoms with E-state index in [0.717, 1.165) is 48.4 Å². The molecule has 0 radical (unpaired) electrons. The van der Waals surface area contributed by atoms with E-state index >= 15 is 0 Å². The highest BCUT2D eigenvalue weighted by molar-refractivity contribution is 5.84. The molecule has 0 amide bonds. The summed E-state index contributed by atoms with van der Waals surface area (Å²) in [6.45, 7) is 5.06. The van der Waals surface area contributed by atoms with Crippen molar-refractivity contribution in [3.63, 3.8) is 0 Å². The summed E-state index contributed by atoms with van der Waals surface area (Å²) in [6.07, 6.45) is 11.7. The van der Waals surface area contributed by atoms with Crippen molar-refractivity contribution in [1.82, 2.24) is 10.2 Å². The highest BCUT2D eigenvalue weighted by atomic mass is 16.5. The third-order valence-corrected chi connectivity index (χ3v) is 10.5. The summed E-state index contributed by atoms with van der Waals surface area (Å²) in [7, 11) is 4.31. The van der Waals surface area contributed by atoms with Gasteiger partial charge in [-0.15, -0.1) is 0 Å². The fourth-order valence-electron chi connectivity index (χ4n) is 8.47. The number of ether oxygens (including phenoxy) is 1. The number of nitrogens with one attached hydrogen (secondary N) is 1. The molecule has 1 saturated heterocycles. The fraction of sp³-hybridized carbons (Fsp3) is 0.474. The van der Waals surface area contributed by atoms with E-state index < -0.39 is 6.10 Å². The summed E-state index contributed by atoms with van der Waals surface area (Å²) < 4.78 is 5.80. The molecular weight excluding hydrogens is 516 g/mol. The number of hydrogen-bond acceptors (Lipinski definition) is 4. The number of fused-ring (bicyclic) bond motifs is 3. The second-order valence-electron chi connectivity index (χ2n) is 12.7. The first-order valence-corrected chi connectivity index (χ1v) is 16.2. The molecule has 42 heavy (non-hydrogen) atoms. The summed E-state index contributed by atoms with van der Waals surface area (Å²) in [5.74, 6) is 1.95. The van der Waals surface area contributed by atoms with Crippen molar-refractivity contribution in [2.45, 2.75) is 75.9 Å². The van der Waals surface area contributed by atoms with Crippen LogP contribution in [-0.4, -0.2) is 49.8 Å². The molecule has 222 valence electrons. The summed E-state index contributed by atoms with van der Waals surface area (Å²) in [5, 5.41) is 13.7. The Morgan fingerprint density at radius 1 is 0.976 bits per heavy atom. The van der Waals surface area contributed by atoms with Crippen molar-refractivity contribution in [3.05, 3.63) is 106 Å². The SMILES string of the molecule is CCOc1ccc2c(c1)[C@]13CCCC[C@@H]1[C@H](C2)N(C)CC3.CNCC/C=C1\c2ccccc2CC(O)c2ccccc21. The Hall–Kier alpha value is -2.92. The van der Waals surface area contributed by atoms with E-state index in [9.17, 15) is 5.11 Å². The summed E-state index contributed by atoms with van der Waals surface area (Å²) in [4.78, 5) is 2.63. The minimum Gasteiger partial charge on any atom is -0.494 e. The van der Waals surface area contributed by atoms with Gasteiger partial charge in [-0.05, 0) is 123 Å². The van der Waals surface area contributed by atoms with Gasteiger partial charge in [0.2, 0.25) is 0 Å². The van der Waals surface area contributed by atoms with Crippen LogP contribution in [0.2, 0.25) is 0 Å². The van der Waals surface area contributed by atoms with Gasteiger partial charge in [0.15, 0.2) is 0 Å². The lowest BCUT2D eigenvalue weighted by atomic mass is 9.52. The molecule has 2 bridgehead atoms. The summed E-state index contributed by atoms with van der Waals surface area (Å²) in [6, 6.07) is 24.3. The van der Waals surface area contributed by atoms with Crippen LogP contribution in [0.15, 0.2) is 72.8 Å². The van der Waals surface area contributed by atoms with E-state index in [-0.39, 0.29) is 0 Å². The van der Waals surface area contributed by atoms with E-state index in [2.05, 4.69) is 72.7 Å². The Kier molecular flexibility index (Phi) is 8.85. The first-order valence-electron chi connectivity index (χ1n) is 16.2. The van der Waals surface area contributed by atoms with Gasteiger partial charge in [0.25, 0.3) is 0 Å². The molecule has 1 heterocycles. The maximum atomic E-state index is 10.5. The van der Waals surface area contributed by atoms with Gasteiger partial charge in [-0.3, -0.25) is 0 Å². The molecule has 2 N–H and O–H groups in total. The van der Waals surface area contributed by atoms with Crippen molar-refractivity contribution in [2.75, 3.05) is 33.8 Å². The normalized spacial score (nSPS) is 27.0. The Labute approximate surface area is 252 Å². The third kappa shape index (κ3) is 5.45. The Morgan fingerprint density at radius 3 is 2.62 bits per heavy atom. The molecule has 1 saturated carbocycles. The van der Waals surface area contributed by atoms with Gasteiger partial charge in [-0.2, -0.15) is 0 Å². The molecule has 4 heteroatoms. The maximum absolute atomic E-state index is 10.5. The van der Waals surface area contributed by atoms with Gasteiger partial charge in [0.1, 0.15) is 5.75 Å². The van der Waals surface area contributed by atoms with Crippen LogP contribution in [0.25, 0.3) is 5.57 Å². The fourth-order valence-corrected chi connectivity index (χ4v) is 8.47. The van der Waals surface area contributed by atoms with Crippen LogP contribution in [-0.2, 0) is 18.3 Å². The highest BCUT2D eigenvalue weighted by Gasteiger charge is 2.53. The van der Waals surface area contributed by atoms with Gasteiger partial charge >= 0.3 is 0 Å². The minimum atomic E-state index is -0.433. The van der Waals surface area contributed by atoms with E-state index in [0.29, 0.717) is 11.8 Å². The average molecular weight is 565 g/mol. The molecule has 1 aliphatic heterocycles. The van der Waals surface area contributed by atoms with Gasteiger partial charge in [0, 0.05) is 17.9 Å². The van der Waals surface area contributed by atoms with Gasteiger partial charge in [-0.1, -0.05) is 73.5 Å². The van der Waals surface area contributed by atoms with Crippen molar-refractivity contribution in [2.24, 2.45) is 5.92 Å². The molecule has 0 aromatic heterocycles. The maximum Gasteiger partial charge on any atom is 0.119 e. The molecule has 0 spiro atoms. The molecular formula is C38H48N2O2. The van der Waals surface area contributed by atoms with E-state index in [1.807, 2.05) is 31.3 Å². The topological polar surface area (TPSA) is 44.7 Å². The highest BCUT2D eigenvalue weighted by Crippen LogP contribution is 2.56. The summed E-state index contributed by atoms with van der Waals surface area (Å²) in [5.41, 5.74) is 9.59. The van der Waals surface area contributed by atoms with Crippen LogP contribution < -0.4 is 10.1 Å². The number of benzene rings is 3. The monoisotopic (exact) mass is 564 g/mol. The predicted octanol–water partition coefficient (Wildman–Crippen LogP) is 7.09. The first kappa shape index (κ1) is 29.2. The van der Waals surface area contributed by atoms with Crippen molar-refractivity contribution in [1.29, 1.82) is 0 Å². The largest absolute Gasteiger partial charge is 0.494 e. The number of rotatable bonds is 5. The lowest BCUT2D eigenvalue weighted by Gasteiger charge is -2.58. The van der Waals surface area contributed by atoms with Crippen molar-refractivity contribution < 1.29 is 9.84 Å². The lowest BCUT2D eigenvalue weighted by Crippen LogP contribution is -2.59. The van der Waals surface area contributed by atoms with Crippen molar-refractivity contribution in [3.8, 4) is 5.75 Å². The standard InChI is InChI=1S/C19H27NO.C19H21NO/c1-3-21-15-8-7-14-12-18-16-6-4-5-9-19(16,17(14)13-15)10-11-20(18)2;1-20-12-6-11-16-15-8-3-2-7-14(15)13-19(21)18-10-5-4-9-17(16)18/h7-8,13,16,18H,3-6,9-12H2,1-2H3;2-5,7-11,19-21H,6,12-13H2,1H3/b;16-11+/t16-,18+,19+;/m1./s1. The van der Waals surface area contributed by atoms with E-state index in [1.165, 1.54) is 61.8 Å². The quantitative estimate of drug-likeness (QED) is 0.325. The molecule has 3 aromatic rings. The van der Waals surface area contributed by atoms with Gasteiger partial charge in [-0.25, -0.2) is 0 Å². The number of nitrogens with zero attached hydrogens (tertiary/aromatic N) is 1. The van der Waals surface area contributed by atoms with Crippen LogP contribution >= 0.6 is 0 Å². The number of piperidine rings is 1. The van der Waals surface area contributed by atoms with Gasteiger partial charge < -0.3 is 20.1 Å². The van der Waals surface area contributed by atoms with Crippen molar-refractivity contribution >= 4 is 5.57 Å². The predicted molar refractivity (Wildman–Crippen MR) is 173 cm³/mol. The zero-order valence-corrected chi connectivity index (χ0v) is 25.7. The number of hydrogen-bond donors (Lipinski definition) is 2. The number of likely N-dealkylation sites (N-methyl/N-ethyl adjacent to an activating group) is 1. The van der Waals surface area contributed by atoms with Crippen LogP contribution in [0.5, 0.6) is 5.75 Å². The Morgan fingerprint density at radius 2 is 1.79 bits per heavy atom. The van der Waals surface area contributed by atoms with Crippen LogP contribution in [0.4, 0.5) is 0 Å². The zero-order valence-electron chi connectivity index (χ0n) is 25.7. The van der Waals surface area contributed by atoms with E-state index in [4.69, 9.17) is 4.74 Å². The number of aliphatic hydroxyl groups excluding tert-OH is 1. The minimum absolute atomic E-state index is 0.433. The van der Waals surface area contributed by atoms with E-state index in [1.54, 1.807) is 11.1 Å². The molecule has 7 rings (SSSR count). The Balaban J connectivity index is 0.000000150. The molecule has 4 nitrogen and oxygen atoms in total. The van der Waals surface area contributed by atoms with Crippen LogP contribution in [0.3, 0.4) is 0 Å². The van der Waals surface area contributed by atoms with Gasteiger partial charge in [0.05, 0.1) is 12.7 Å². The number of aliphatic hydroxyl groups is 1. The molecule has 3 aromatic carbocycles. The first-order chi connectivity index (χ1) is 20.6. The molecule has 1 unspecified atom stereocenters. The average Bonchev–Trinajstić information content (AvgIpc) is 3.14. The Bertz CT molecular complexity index is 1410. The summed E-state index contributed by atoms with van der Waals surface area (Å²) >= 11 is 0. The number of likely N-dealkylation sites (tertiary alicyclic amines) is 1. The molecule has 3 aliphatic carbocycles. The third-order valence-electron chi connectivity index (χ3n) is 10.5. The van der Waals surface area contributed by atoms with Crippen LogP contribution in [0, 0.1) is 5.92 Å². The zero-order chi connectivity index (χ0) is 29.1. The smallest absolute Gasteiger partial charge is 0.119 e. The second kappa shape index (κ2) is 12.8. The lowest BCUT2D eigenvalue weighted by molar-refractivity contribution is 0.00271. The van der Waals surface area contributed by atoms with Crippen LogP contribution in [0.1, 0.15) is 84.9 Å². The molecule has 4 atom stereocenters. The molecule has 4 aliphatic rings.